The summed E-state index contributed by atoms with van der Waals surface area (Å²) in [5, 5.41) is 5.56. The van der Waals surface area contributed by atoms with E-state index >= 15 is 0 Å². The molecule has 3 nitrogen and oxygen atoms in total. The molecule has 3 aliphatic rings. The van der Waals surface area contributed by atoms with Crippen LogP contribution in [0.1, 0.15) is 0 Å². The molecule has 9 aromatic rings. The number of hydrogen-bond donors (Lipinski definition) is 0. The summed E-state index contributed by atoms with van der Waals surface area (Å²) in [6.07, 6.45) is 0. The third-order valence-electron chi connectivity index (χ3n) is 12.4. The second kappa shape index (κ2) is 14.1. The van der Waals surface area contributed by atoms with E-state index in [0.29, 0.717) is 0 Å². The van der Waals surface area contributed by atoms with Crippen LogP contribution in [0.4, 0.5) is 34.1 Å². The minimum absolute atomic E-state index is 0.0401. The van der Waals surface area contributed by atoms with Crippen LogP contribution in [-0.4, -0.2) is 14.8 Å². The van der Waals surface area contributed by atoms with E-state index < -0.39 is 8.07 Å². The SMILES string of the molecule is c1ccc(N(c2ccccc2)c2cc3c4c(c2)Sc2cc(N5c6ccccc6[Si](c6ccccc6)(c6ccccc6)c6ccccc65)ccc2B4c2ccccc2O3)cc1. The van der Waals surface area contributed by atoms with Crippen LogP contribution in [0.25, 0.3) is 0 Å². The van der Waals surface area contributed by atoms with Crippen molar-refractivity contribution < 1.29 is 4.74 Å². The van der Waals surface area contributed by atoms with Crippen LogP contribution in [0.5, 0.6) is 11.5 Å². The highest BCUT2D eigenvalue weighted by Gasteiger charge is 2.49. The fourth-order valence-corrected chi connectivity index (χ4v) is 16.3. The lowest BCUT2D eigenvalue weighted by atomic mass is 9.35. The zero-order chi connectivity index (χ0) is 39.6. The second-order valence-electron chi connectivity index (χ2n) is 15.6. The highest BCUT2D eigenvalue weighted by Crippen LogP contribution is 2.45. The first-order valence-corrected chi connectivity index (χ1v) is 23.4. The maximum absolute atomic E-state index is 6.85. The zero-order valence-electron chi connectivity index (χ0n) is 32.7. The Labute approximate surface area is 356 Å². The Balaban J connectivity index is 1.05. The first kappa shape index (κ1) is 35.0. The molecule has 9 aromatic carbocycles. The Kier molecular flexibility index (Phi) is 8.22. The maximum atomic E-state index is 6.85. The van der Waals surface area contributed by atoms with Crippen LogP contribution < -0.4 is 51.7 Å². The maximum Gasteiger partial charge on any atom is 0.253 e. The lowest BCUT2D eigenvalue weighted by Gasteiger charge is -2.45. The van der Waals surface area contributed by atoms with Gasteiger partial charge in [-0.2, -0.15) is 0 Å². The summed E-state index contributed by atoms with van der Waals surface area (Å²) in [6, 6.07) is 82.3. The number of anilines is 6. The van der Waals surface area contributed by atoms with E-state index in [2.05, 4.69) is 234 Å². The van der Waals surface area contributed by atoms with Crippen LogP contribution >= 0.6 is 11.8 Å². The first-order chi connectivity index (χ1) is 29.8. The lowest BCUT2D eigenvalue weighted by Crippen LogP contribution is -2.77. The molecule has 0 aliphatic carbocycles. The van der Waals surface area contributed by atoms with E-state index in [1.807, 2.05) is 11.8 Å². The number of nitrogens with zero attached hydrogens (tertiary/aromatic N) is 2. The van der Waals surface area contributed by atoms with Gasteiger partial charge in [0.2, 0.25) is 0 Å². The van der Waals surface area contributed by atoms with Crippen LogP contribution in [0.15, 0.2) is 234 Å². The van der Waals surface area contributed by atoms with Gasteiger partial charge in [0.15, 0.2) is 8.07 Å². The van der Waals surface area contributed by atoms with Gasteiger partial charge in [-0.25, -0.2) is 0 Å². The predicted octanol–water partition coefficient (Wildman–Crippen LogP) is 9.40. The summed E-state index contributed by atoms with van der Waals surface area (Å²) in [7, 11) is -2.72. The zero-order valence-corrected chi connectivity index (χ0v) is 34.5. The van der Waals surface area contributed by atoms with Gasteiger partial charge in [0.25, 0.3) is 6.71 Å². The molecule has 0 atom stereocenters. The average Bonchev–Trinajstić information content (AvgIpc) is 3.32. The lowest BCUT2D eigenvalue weighted by molar-refractivity contribution is 0.486. The normalized spacial score (nSPS) is 13.8. The largest absolute Gasteiger partial charge is 0.458 e. The van der Waals surface area contributed by atoms with Gasteiger partial charge in [-0.1, -0.05) is 175 Å². The Hall–Kier alpha value is -6.99. The van der Waals surface area contributed by atoms with Crippen molar-refractivity contribution in [3.8, 4) is 11.5 Å². The molecule has 12 rings (SSSR count). The van der Waals surface area contributed by atoms with Gasteiger partial charge in [-0.05, 0) is 92.3 Å². The van der Waals surface area contributed by atoms with Crippen molar-refractivity contribution >= 4 is 97.8 Å². The summed E-state index contributed by atoms with van der Waals surface area (Å²) in [6.45, 7) is 0.0401. The Bertz CT molecular complexity index is 2950. The Morgan fingerprint density at radius 3 is 1.58 bits per heavy atom. The average molecular weight is 801 g/mol. The predicted molar refractivity (Wildman–Crippen MR) is 255 cm³/mol. The molecule has 0 N–H and O–H groups in total. The molecule has 0 bridgehead atoms. The van der Waals surface area contributed by atoms with Crippen LogP contribution in [-0.2, 0) is 0 Å². The molecule has 3 aliphatic heterocycles. The van der Waals surface area contributed by atoms with Gasteiger partial charge >= 0.3 is 0 Å². The molecule has 0 fully saturated rings. The van der Waals surface area contributed by atoms with E-state index in [9.17, 15) is 0 Å². The van der Waals surface area contributed by atoms with Gasteiger partial charge in [-0.15, -0.1) is 0 Å². The molecule has 0 spiro atoms. The van der Waals surface area contributed by atoms with Crippen molar-refractivity contribution in [2.45, 2.75) is 9.79 Å². The quantitative estimate of drug-likeness (QED) is 0.156. The van der Waals surface area contributed by atoms with E-state index in [-0.39, 0.29) is 6.71 Å². The summed E-state index contributed by atoms with van der Waals surface area (Å²) in [5.41, 5.74) is 10.6. The van der Waals surface area contributed by atoms with Crippen molar-refractivity contribution in [2.24, 2.45) is 0 Å². The summed E-state index contributed by atoms with van der Waals surface area (Å²) in [4.78, 5) is 7.32. The fourth-order valence-electron chi connectivity index (χ4n) is 9.98. The molecule has 60 heavy (non-hydrogen) atoms. The molecule has 0 unspecified atom stereocenters. The molecular formula is C54H37BN2OSSi. The van der Waals surface area contributed by atoms with Crippen molar-refractivity contribution in [3.05, 3.63) is 224 Å². The van der Waals surface area contributed by atoms with Crippen molar-refractivity contribution in [1.82, 2.24) is 0 Å². The first-order valence-electron chi connectivity index (χ1n) is 20.5. The molecule has 0 saturated carbocycles. The van der Waals surface area contributed by atoms with Gasteiger partial charge in [0.05, 0.1) is 5.69 Å². The smallest absolute Gasteiger partial charge is 0.253 e. The number of rotatable bonds is 6. The molecule has 0 amide bonds. The molecule has 6 heteroatoms. The highest BCUT2D eigenvalue weighted by atomic mass is 32.2. The molecule has 0 radical (unpaired) electrons. The van der Waals surface area contributed by atoms with E-state index in [0.717, 1.165) is 34.2 Å². The highest BCUT2D eigenvalue weighted by molar-refractivity contribution is 8.00. The van der Waals surface area contributed by atoms with Gasteiger partial charge in [-0.3, -0.25) is 0 Å². The summed E-state index contributed by atoms with van der Waals surface area (Å²) >= 11 is 1.86. The third kappa shape index (κ3) is 5.31. The van der Waals surface area contributed by atoms with Crippen LogP contribution in [0.3, 0.4) is 0 Å². The van der Waals surface area contributed by atoms with Crippen molar-refractivity contribution in [1.29, 1.82) is 0 Å². The van der Waals surface area contributed by atoms with Gasteiger partial charge < -0.3 is 14.5 Å². The third-order valence-corrected chi connectivity index (χ3v) is 18.4. The number of fused-ring (bicyclic) bond motifs is 6. The van der Waals surface area contributed by atoms with Gasteiger partial charge in [0.1, 0.15) is 11.5 Å². The monoisotopic (exact) mass is 800 g/mol. The number of benzene rings is 9. The minimum atomic E-state index is -2.72. The number of hydrogen-bond acceptors (Lipinski definition) is 4. The molecule has 282 valence electrons. The van der Waals surface area contributed by atoms with Crippen molar-refractivity contribution in [2.75, 3.05) is 9.80 Å². The molecular weight excluding hydrogens is 764 g/mol. The molecule has 3 heterocycles. The fraction of sp³-hybridized carbons (Fsp3) is 0. The number of para-hydroxylation sites is 5. The molecule has 0 aromatic heterocycles. The van der Waals surface area contributed by atoms with Crippen molar-refractivity contribution in [3.63, 3.8) is 0 Å². The number of ether oxygens (including phenoxy) is 1. The standard InChI is InChI=1S/C54H37BN2OSSi/c1-5-19-38(20-6-1)56(39-21-7-2-8-22-39)41-35-49-54-51(37-41)59-50-36-40(33-34-45(50)55(54)44-27-13-16-30-48(44)58-49)57-46-28-14-17-31-52(46)60(42-23-9-3-10-24-42,43-25-11-4-12-26-43)53-32-18-15-29-47(53)57/h1-37H. The second-order valence-corrected chi connectivity index (χ2v) is 20.4. The topological polar surface area (TPSA) is 15.7 Å². The summed E-state index contributed by atoms with van der Waals surface area (Å²) < 4.78 is 6.85. The van der Waals surface area contributed by atoms with Crippen LogP contribution in [0.2, 0.25) is 0 Å². The summed E-state index contributed by atoms with van der Waals surface area (Å²) in [5.74, 6) is 1.82. The van der Waals surface area contributed by atoms with E-state index in [1.165, 1.54) is 58.3 Å². The van der Waals surface area contributed by atoms with Crippen LogP contribution in [0, 0.1) is 0 Å². The van der Waals surface area contributed by atoms with Gasteiger partial charge in [0, 0.05) is 44.3 Å². The minimum Gasteiger partial charge on any atom is -0.458 e. The molecule has 0 saturated heterocycles. The van der Waals surface area contributed by atoms with E-state index in [1.54, 1.807) is 0 Å². The Morgan fingerprint density at radius 2 is 0.967 bits per heavy atom. The Morgan fingerprint density at radius 1 is 0.433 bits per heavy atom. The van der Waals surface area contributed by atoms with E-state index in [4.69, 9.17) is 4.74 Å².